The average Bonchev–Trinajstić information content (AvgIpc) is 3.24. The van der Waals surface area contributed by atoms with Crippen LogP contribution in [0.2, 0.25) is 0 Å². The number of unbranched alkanes of at least 4 members (excludes halogenated alkanes) is 29. The van der Waals surface area contributed by atoms with Crippen LogP contribution in [0.25, 0.3) is 0 Å². The Labute approximate surface area is 372 Å². The molecule has 0 saturated heterocycles. The number of aliphatic hydroxyl groups is 1. The molecule has 0 rings (SSSR count). The van der Waals surface area contributed by atoms with E-state index in [1.807, 2.05) is 0 Å². The molecule has 4 N–H and O–H groups in total. The normalized spacial score (nSPS) is 13.8. The molecular weight excluding hydrogens is 794 g/mol. The quantitative estimate of drug-likeness (QED) is 0.0200. The van der Waals surface area contributed by atoms with Crippen molar-refractivity contribution in [1.82, 2.24) is 5.32 Å². The van der Waals surface area contributed by atoms with E-state index in [-0.39, 0.29) is 12.8 Å². The summed E-state index contributed by atoms with van der Waals surface area (Å²) >= 11 is 0. The Kier molecular flexibility index (Phi) is 43.1. The van der Waals surface area contributed by atoms with E-state index in [0.29, 0.717) is 12.8 Å². The summed E-state index contributed by atoms with van der Waals surface area (Å²) in [5.41, 5.74) is 0. The molecule has 0 aromatic carbocycles. The van der Waals surface area contributed by atoms with E-state index < -0.39 is 57.6 Å². The second-order valence-corrected chi connectivity index (χ2v) is 18.5. The molecule has 11 nitrogen and oxygen atoms in total. The summed E-state index contributed by atoms with van der Waals surface area (Å²) in [5.74, 6) is -2.36. The number of aliphatic carboxylic acids is 1. The SMILES string of the molecule is CCCCC/C=C\C/C=C\CCCCCCCCCCCC(=O)NC(COP(=O)(O)OCC(O)COC(=O)CCCCCCCCCCCCCCCCCCCC)C(=O)O. The minimum absolute atomic E-state index is 0.143. The lowest BCUT2D eigenvalue weighted by molar-refractivity contribution is -0.147. The maximum atomic E-state index is 12.3. The van der Waals surface area contributed by atoms with E-state index in [2.05, 4.69) is 43.5 Å². The van der Waals surface area contributed by atoms with Crippen LogP contribution in [0.5, 0.6) is 0 Å². The van der Waals surface area contributed by atoms with Crippen LogP contribution in [-0.4, -0.2) is 64.9 Å². The molecule has 0 radical (unpaired) electrons. The number of hydrogen-bond acceptors (Lipinski definition) is 8. The number of hydrogen-bond donors (Lipinski definition) is 4. The molecule has 0 aromatic heterocycles. The highest BCUT2D eigenvalue weighted by atomic mass is 31.2. The van der Waals surface area contributed by atoms with Crippen molar-refractivity contribution >= 4 is 25.7 Å². The van der Waals surface area contributed by atoms with Crippen LogP contribution in [0.15, 0.2) is 24.3 Å². The number of rotatable bonds is 47. The van der Waals surface area contributed by atoms with Gasteiger partial charge in [0, 0.05) is 12.8 Å². The number of amides is 1. The van der Waals surface area contributed by atoms with Crippen molar-refractivity contribution in [2.45, 2.75) is 251 Å². The minimum atomic E-state index is -4.76. The molecule has 0 spiro atoms. The van der Waals surface area contributed by atoms with E-state index in [1.165, 1.54) is 141 Å². The second-order valence-electron chi connectivity index (χ2n) is 17.0. The monoisotopic (exact) mass is 886 g/mol. The number of phosphoric acid groups is 1. The van der Waals surface area contributed by atoms with Gasteiger partial charge in [-0.1, -0.05) is 205 Å². The standard InChI is InChI=1S/C49H92NO10P/c1-3-5-7-9-11-13-15-17-19-21-23-24-26-28-30-32-34-36-38-40-47(52)50-46(49(54)55)44-60-61(56,57)59-43-45(51)42-58-48(53)41-39-37-35-33-31-29-27-25-22-20-18-16-14-12-10-8-6-4-2/h11,13,17,19,45-46,51H,3-10,12,14-16,18,20-44H2,1-2H3,(H,50,52)(H,54,55)(H,56,57)/b13-11-,19-17-. The van der Waals surface area contributed by atoms with Gasteiger partial charge in [0.2, 0.25) is 5.91 Å². The number of carboxylic acid groups (broad SMARTS) is 1. The third-order valence-corrected chi connectivity index (χ3v) is 11.9. The summed E-state index contributed by atoms with van der Waals surface area (Å²) < 4.78 is 26.9. The van der Waals surface area contributed by atoms with Gasteiger partial charge in [-0.05, 0) is 44.9 Å². The Morgan fingerprint density at radius 1 is 0.525 bits per heavy atom. The number of allylic oxidation sites excluding steroid dienone is 4. The van der Waals surface area contributed by atoms with Crippen molar-refractivity contribution in [2.24, 2.45) is 0 Å². The maximum absolute atomic E-state index is 12.3. The van der Waals surface area contributed by atoms with Gasteiger partial charge in [0.25, 0.3) is 0 Å². The van der Waals surface area contributed by atoms with Crippen LogP contribution in [-0.2, 0) is 32.7 Å². The van der Waals surface area contributed by atoms with Gasteiger partial charge >= 0.3 is 19.8 Å². The zero-order valence-electron chi connectivity index (χ0n) is 39.0. The molecule has 12 heteroatoms. The summed E-state index contributed by atoms with van der Waals surface area (Å²) in [5, 5.41) is 21.9. The van der Waals surface area contributed by atoms with Crippen molar-refractivity contribution in [3.63, 3.8) is 0 Å². The van der Waals surface area contributed by atoms with Gasteiger partial charge in [-0.2, -0.15) is 0 Å². The molecule has 0 aliphatic carbocycles. The summed E-state index contributed by atoms with van der Waals surface area (Å²) in [6.07, 6.45) is 47.6. The number of ether oxygens (including phenoxy) is 1. The number of aliphatic hydroxyl groups excluding tert-OH is 1. The van der Waals surface area contributed by atoms with Crippen molar-refractivity contribution in [2.75, 3.05) is 19.8 Å². The molecule has 358 valence electrons. The molecule has 0 aliphatic rings. The third-order valence-electron chi connectivity index (χ3n) is 11.0. The van der Waals surface area contributed by atoms with Crippen LogP contribution in [0.3, 0.4) is 0 Å². The minimum Gasteiger partial charge on any atom is -0.480 e. The van der Waals surface area contributed by atoms with E-state index in [4.69, 9.17) is 13.8 Å². The zero-order chi connectivity index (χ0) is 44.9. The predicted octanol–water partition coefficient (Wildman–Crippen LogP) is 13.4. The number of phosphoric ester groups is 1. The van der Waals surface area contributed by atoms with Crippen molar-refractivity contribution in [3.8, 4) is 0 Å². The molecule has 3 unspecified atom stereocenters. The Balaban J connectivity index is 3.83. The van der Waals surface area contributed by atoms with Gasteiger partial charge in [-0.15, -0.1) is 0 Å². The molecule has 0 fully saturated rings. The van der Waals surface area contributed by atoms with Gasteiger partial charge in [-0.3, -0.25) is 18.6 Å². The highest BCUT2D eigenvalue weighted by Crippen LogP contribution is 2.43. The first-order valence-corrected chi connectivity index (χ1v) is 26.4. The smallest absolute Gasteiger partial charge is 0.472 e. The second kappa shape index (κ2) is 44.6. The molecule has 0 bridgehead atoms. The lowest BCUT2D eigenvalue weighted by Gasteiger charge is -2.18. The lowest BCUT2D eigenvalue weighted by atomic mass is 10.0. The molecular formula is C49H92NO10P. The lowest BCUT2D eigenvalue weighted by Crippen LogP contribution is -2.43. The average molecular weight is 886 g/mol. The topological polar surface area (TPSA) is 169 Å². The van der Waals surface area contributed by atoms with Crippen LogP contribution in [0.4, 0.5) is 0 Å². The highest BCUT2D eigenvalue weighted by Gasteiger charge is 2.28. The van der Waals surface area contributed by atoms with E-state index in [0.717, 1.165) is 57.8 Å². The number of esters is 1. The summed E-state index contributed by atoms with van der Waals surface area (Å²) in [6, 6.07) is -1.55. The maximum Gasteiger partial charge on any atom is 0.472 e. The Morgan fingerprint density at radius 2 is 0.902 bits per heavy atom. The van der Waals surface area contributed by atoms with Crippen LogP contribution < -0.4 is 5.32 Å². The molecule has 0 aromatic rings. The Bertz CT molecular complexity index is 1130. The largest absolute Gasteiger partial charge is 0.480 e. The summed E-state index contributed by atoms with van der Waals surface area (Å²) in [4.78, 5) is 46.1. The first-order valence-electron chi connectivity index (χ1n) is 24.9. The van der Waals surface area contributed by atoms with Gasteiger partial charge in [-0.25, -0.2) is 9.36 Å². The number of nitrogens with one attached hydrogen (secondary N) is 1. The fraction of sp³-hybridized carbons (Fsp3) is 0.857. The van der Waals surface area contributed by atoms with Crippen LogP contribution >= 0.6 is 7.82 Å². The van der Waals surface area contributed by atoms with Gasteiger partial charge in [0.05, 0.1) is 13.2 Å². The van der Waals surface area contributed by atoms with Gasteiger partial charge < -0.3 is 25.2 Å². The van der Waals surface area contributed by atoms with Crippen LogP contribution in [0.1, 0.15) is 239 Å². The summed E-state index contributed by atoms with van der Waals surface area (Å²) in [6.45, 7) is 2.61. The number of carbonyl (C=O) groups is 3. The van der Waals surface area contributed by atoms with E-state index in [9.17, 15) is 34.1 Å². The fourth-order valence-corrected chi connectivity index (χ4v) is 7.88. The first-order chi connectivity index (χ1) is 29.6. The molecule has 0 aliphatic heterocycles. The van der Waals surface area contributed by atoms with E-state index >= 15 is 0 Å². The van der Waals surface area contributed by atoms with Gasteiger partial charge in [0.1, 0.15) is 12.7 Å². The Hall–Kier alpha value is -2.04. The first kappa shape index (κ1) is 59.0. The van der Waals surface area contributed by atoms with Crippen molar-refractivity contribution < 1.29 is 47.8 Å². The van der Waals surface area contributed by atoms with Crippen molar-refractivity contribution in [3.05, 3.63) is 24.3 Å². The van der Waals surface area contributed by atoms with Gasteiger partial charge in [0.15, 0.2) is 6.04 Å². The predicted molar refractivity (Wildman–Crippen MR) is 249 cm³/mol. The summed E-state index contributed by atoms with van der Waals surface area (Å²) in [7, 11) is -4.76. The third kappa shape index (κ3) is 44.4. The number of carbonyl (C=O) groups excluding carboxylic acids is 2. The van der Waals surface area contributed by atoms with E-state index in [1.54, 1.807) is 0 Å². The molecule has 61 heavy (non-hydrogen) atoms. The Morgan fingerprint density at radius 3 is 1.36 bits per heavy atom. The molecule has 3 atom stereocenters. The van der Waals surface area contributed by atoms with Crippen molar-refractivity contribution in [1.29, 1.82) is 0 Å². The molecule has 0 saturated carbocycles. The molecule has 0 heterocycles. The fourth-order valence-electron chi connectivity index (χ4n) is 7.11. The van der Waals surface area contributed by atoms with Crippen LogP contribution in [0, 0.1) is 0 Å². The molecule has 1 amide bonds. The highest BCUT2D eigenvalue weighted by molar-refractivity contribution is 7.47. The number of carboxylic acids is 1. The zero-order valence-corrected chi connectivity index (χ0v) is 39.9.